The van der Waals surface area contributed by atoms with Crippen molar-refractivity contribution in [3.05, 3.63) is 58.6 Å². The van der Waals surface area contributed by atoms with E-state index in [1.54, 1.807) is 5.56 Å². The minimum absolute atomic E-state index is 0.588. The van der Waals surface area contributed by atoms with Crippen molar-refractivity contribution in [3.8, 4) is 5.75 Å². The summed E-state index contributed by atoms with van der Waals surface area (Å²) in [6.07, 6.45) is 4.47. The molecule has 0 radical (unpaired) electrons. The zero-order chi connectivity index (χ0) is 17.1. The van der Waals surface area contributed by atoms with E-state index in [-0.39, 0.29) is 0 Å². The van der Waals surface area contributed by atoms with E-state index in [2.05, 4.69) is 28.8 Å². The minimum Gasteiger partial charge on any atom is -0.492 e. The number of anilines is 1. The molecule has 1 fully saturated rings. The van der Waals surface area contributed by atoms with Crippen molar-refractivity contribution in [2.24, 2.45) is 0 Å². The normalized spacial score (nSPS) is 21.8. The van der Waals surface area contributed by atoms with Crippen LogP contribution in [0.1, 0.15) is 36.3 Å². The van der Waals surface area contributed by atoms with Gasteiger partial charge in [-0.1, -0.05) is 35.9 Å². The van der Waals surface area contributed by atoms with Gasteiger partial charge in [0.1, 0.15) is 5.75 Å². The second-order valence-electron chi connectivity index (χ2n) is 6.95. The first-order valence-electron chi connectivity index (χ1n) is 9.29. The predicted octanol–water partition coefficient (Wildman–Crippen LogP) is 4.61. The number of hydrogen-bond acceptors (Lipinski definition) is 3. The molecule has 2 aromatic rings. The van der Waals surface area contributed by atoms with Gasteiger partial charge in [-0.15, -0.1) is 0 Å². The number of fused-ring (bicyclic) bond motifs is 3. The summed E-state index contributed by atoms with van der Waals surface area (Å²) in [4.78, 5) is 0. The molecular formula is C21H25ClN2O. The molecule has 0 aliphatic carbocycles. The minimum atomic E-state index is 0.588. The highest BCUT2D eigenvalue weighted by molar-refractivity contribution is 6.32. The highest BCUT2D eigenvalue weighted by atomic mass is 35.5. The third-order valence-electron chi connectivity index (χ3n) is 5.34. The molecule has 3 nitrogen and oxygen atoms in total. The van der Waals surface area contributed by atoms with Gasteiger partial charge < -0.3 is 15.4 Å². The molecule has 0 amide bonds. The largest absolute Gasteiger partial charge is 0.492 e. The Kier molecular flexibility index (Phi) is 5.14. The topological polar surface area (TPSA) is 33.3 Å². The Morgan fingerprint density at radius 1 is 1.04 bits per heavy atom. The molecule has 2 heterocycles. The van der Waals surface area contributed by atoms with Crippen molar-refractivity contribution in [3.63, 3.8) is 0 Å². The maximum absolute atomic E-state index is 6.15. The van der Waals surface area contributed by atoms with Gasteiger partial charge in [0.2, 0.25) is 0 Å². The van der Waals surface area contributed by atoms with Crippen molar-refractivity contribution in [2.45, 2.75) is 37.6 Å². The Morgan fingerprint density at radius 2 is 1.92 bits per heavy atom. The lowest BCUT2D eigenvalue weighted by Gasteiger charge is -2.18. The average Bonchev–Trinajstić information content (AvgIpc) is 2.82. The molecule has 4 heteroatoms. The van der Waals surface area contributed by atoms with E-state index in [1.807, 2.05) is 24.3 Å². The quantitative estimate of drug-likeness (QED) is 0.767. The molecule has 2 N–H and O–H groups in total. The van der Waals surface area contributed by atoms with Crippen LogP contribution in [0.25, 0.3) is 0 Å². The van der Waals surface area contributed by atoms with Gasteiger partial charge in [0, 0.05) is 17.6 Å². The number of aryl methyl sites for hydroxylation is 1. The number of para-hydroxylation sites is 1. The van der Waals surface area contributed by atoms with E-state index in [1.165, 1.54) is 24.1 Å². The van der Waals surface area contributed by atoms with Gasteiger partial charge in [-0.25, -0.2) is 0 Å². The molecular weight excluding hydrogens is 332 g/mol. The van der Waals surface area contributed by atoms with Crippen LogP contribution in [0.15, 0.2) is 42.5 Å². The summed E-state index contributed by atoms with van der Waals surface area (Å²) in [5.41, 5.74) is 4.37. The highest BCUT2D eigenvalue weighted by Gasteiger charge is 2.34. The number of hydrogen-bond donors (Lipinski definition) is 2. The molecule has 0 spiro atoms. The van der Waals surface area contributed by atoms with Crippen molar-refractivity contribution >= 4 is 17.3 Å². The van der Waals surface area contributed by atoms with Gasteiger partial charge in [0.25, 0.3) is 0 Å². The fourth-order valence-electron chi connectivity index (χ4n) is 4.16. The van der Waals surface area contributed by atoms with Crippen LogP contribution < -0.4 is 15.4 Å². The lowest BCUT2D eigenvalue weighted by atomic mass is 9.87. The van der Waals surface area contributed by atoms with Crippen LogP contribution in [0.3, 0.4) is 0 Å². The zero-order valence-corrected chi connectivity index (χ0v) is 15.2. The van der Waals surface area contributed by atoms with Crippen LogP contribution in [-0.4, -0.2) is 25.7 Å². The Morgan fingerprint density at radius 3 is 2.84 bits per heavy atom. The van der Waals surface area contributed by atoms with Crippen LogP contribution >= 0.6 is 11.6 Å². The SMILES string of the molecule is Clc1ccccc1OCCCc1cccc2c1[C@@H]1CCNCC[C@@H]1N2. The molecule has 4 rings (SSSR count). The number of halogens is 1. The summed E-state index contributed by atoms with van der Waals surface area (Å²) in [5, 5.41) is 7.96. The number of rotatable bonds is 5. The van der Waals surface area contributed by atoms with Gasteiger partial charge in [-0.05, 0) is 68.1 Å². The Labute approximate surface area is 154 Å². The predicted molar refractivity (Wildman–Crippen MR) is 104 cm³/mol. The van der Waals surface area contributed by atoms with Crippen molar-refractivity contribution < 1.29 is 4.74 Å². The molecule has 2 aliphatic heterocycles. The van der Waals surface area contributed by atoms with E-state index in [4.69, 9.17) is 16.3 Å². The third-order valence-corrected chi connectivity index (χ3v) is 5.65. The molecule has 0 bridgehead atoms. The molecule has 0 saturated carbocycles. The number of nitrogens with one attached hydrogen (secondary N) is 2. The summed E-state index contributed by atoms with van der Waals surface area (Å²) < 4.78 is 5.85. The van der Waals surface area contributed by atoms with Crippen LogP contribution in [-0.2, 0) is 6.42 Å². The fourth-order valence-corrected chi connectivity index (χ4v) is 4.35. The molecule has 1 saturated heterocycles. The summed E-state index contributed by atoms with van der Waals surface area (Å²) in [6, 6.07) is 15.0. The molecule has 2 aliphatic rings. The van der Waals surface area contributed by atoms with Crippen molar-refractivity contribution in [2.75, 3.05) is 25.0 Å². The molecule has 2 atom stereocenters. The second kappa shape index (κ2) is 7.67. The third kappa shape index (κ3) is 3.63. The van der Waals surface area contributed by atoms with Gasteiger partial charge in [0.15, 0.2) is 0 Å². The maximum atomic E-state index is 6.15. The first kappa shape index (κ1) is 16.7. The molecule has 2 aromatic carbocycles. The van der Waals surface area contributed by atoms with Gasteiger partial charge in [0.05, 0.1) is 11.6 Å². The number of ether oxygens (including phenoxy) is 1. The van der Waals surface area contributed by atoms with Crippen LogP contribution in [0.4, 0.5) is 5.69 Å². The van der Waals surface area contributed by atoms with E-state index in [0.717, 1.165) is 31.7 Å². The number of benzene rings is 2. The zero-order valence-electron chi connectivity index (χ0n) is 14.4. The fraction of sp³-hybridized carbons (Fsp3) is 0.429. The van der Waals surface area contributed by atoms with E-state index in [9.17, 15) is 0 Å². The standard InChI is InChI=1S/C21H25ClN2O/c22-17-7-1-2-9-20(17)25-14-4-6-15-5-3-8-19-21(15)16-10-12-23-13-11-18(16)24-19/h1-3,5,7-9,16,18,23-24H,4,6,10-14H2/t16-,18+/m1/s1. The Bertz CT molecular complexity index is 734. The Hall–Kier alpha value is -1.71. The molecule has 132 valence electrons. The van der Waals surface area contributed by atoms with E-state index in [0.29, 0.717) is 23.6 Å². The van der Waals surface area contributed by atoms with Gasteiger partial charge >= 0.3 is 0 Å². The summed E-state index contributed by atoms with van der Waals surface area (Å²) in [6.45, 7) is 2.92. The van der Waals surface area contributed by atoms with Crippen LogP contribution in [0.5, 0.6) is 5.75 Å². The summed E-state index contributed by atoms with van der Waals surface area (Å²) >= 11 is 6.15. The highest BCUT2D eigenvalue weighted by Crippen LogP contribution is 2.42. The first-order valence-corrected chi connectivity index (χ1v) is 9.67. The molecule has 0 unspecified atom stereocenters. The Balaban J connectivity index is 1.41. The smallest absolute Gasteiger partial charge is 0.137 e. The molecule has 25 heavy (non-hydrogen) atoms. The van der Waals surface area contributed by atoms with Crippen molar-refractivity contribution in [1.82, 2.24) is 5.32 Å². The first-order chi connectivity index (χ1) is 12.3. The van der Waals surface area contributed by atoms with Crippen LogP contribution in [0, 0.1) is 0 Å². The summed E-state index contributed by atoms with van der Waals surface area (Å²) in [7, 11) is 0. The monoisotopic (exact) mass is 356 g/mol. The van der Waals surface area contributed by atoms with Gasteiger partial charge in [-0.2, -0.15) is 0 Å². The van der Waals surface area contributed by atoms with E-state index < -0.39 is 0 Å². The summed E-state index contributed by atoms with van der Waals surface area (Å²) in [5.74, 6) is 1.42. The van der Waals surface area contributed by atoms with E-state index >= 15 is 0 Å². The van der Waals surface area contributed by atoms with Gasteiger partial charge in [-0.3, -0.25) is 0 Å². The lowest BCUT2D eigenvalue weighted by Crippen LogP contribution is -2.21. The molecule has 0 aromatic heterocycles. The lowest BCUT2D eigenvalue weighted by molar-refractivity contribution is 0.311. The second-order valence-corrected chi connectivity index (χ2v) is 7.35. The average molecular weight is 357 g/mol. The van der Waals surface area contributed by atoms with Crippen LogP contribution in [0.2, 0.25) is 5.02 Å². The van der Waals surface area contributed by atoms with Crippen molar-refractivity contribution in [1.29, 1.82) is 0 Å². The maximum Gasteiger partial charge on any atom is 0.137 e.